The summed E-state index contributed by atoms with van der Waals surface area (Å²) in [6, 6.07) is 0. The first-order valence-electron chi connectivity index (χ1n) is 4.69. The number of imidazole rings is 1. The highest BCUT2D eigenvalue weighted by Gasteiger charge is 2.08. The van der Waals surface area contributed by atoms with Crippen molar-refractivity contribution in [2.75, 3.05) is 18.9 Å². The molecule has 0 aliphatic heterocycles. The molecule has 0 saturated carbocycles. The molecule has 2 N–H and O–H groups in total. The predicted octanol–water partition coefficient (Wildman–Crippen LogP) is 0.876. The lowest BCUT2D eigenvalue weighted by Crippen LogP contribution is -2.26. The van der Waals surface area contributed by atoms with Crippen molar-refractivity contribution >= 4 is 11.8 Å². The van der Waals surface area contributed by atoms with Crippen LogP contribution in [-0.4, -0.2) is 34.6 Å². The van der Waals surface area contributed by atoms with Gasteiger partial charge in [0.25, 0.3) is 0 Å². The summed E-state index contributed by atoms with van der Waals surface area (Å²) in [5, 5.41) is 1.00. The Hall–Kier alpha value is -0.520. The SMILES string of the molecule is CCOC(CN)CSc1nccn1C. The van der Waals surface area contributed by atoms with Crippen LogP contribution >= 0.6 is 11.8 Å². The van der Waals surface area contributed by atoms with E-state index in [0.29, 0.717) is 13.2 Å². The van der Waals surface area contributed by atoms with Gasteiger partial charge in [-0.1, -0.05) is 11.8 Å². The average molecular weight is 215 g/mol. The van der Waals surface area contributed by atoms with Gasteiger partial charge in [0.15, 0.2) is 5.16 Å². The Labute approximate surface area is 88.8 Å². The largest absolute Gasteiger partial charge is 0.376 e. The third kappa shape index (κ3) is 3.32. The summed E-state index contributed by atoms with van der Waals surface area (Å²) in [7, 11) is 1.98. The first-order valence-corrected chi connectivity index (χ1v) is 5.68. The van der Waals surface area contributed by atoms with Crippen molar-refractivity contribution in [2.45, 2.75) is 18.2 Å². The number of ether oxygens (including phenoxy) is 1. The van der Waals surface area contributed by atoms with E-state index in [1.807, 2.05) is 24.7 Å². The summed E-state index contributed by atoms with van der Waals surface area (Å²) >= 11 is 1.67. The number of hydrogen-bond acceptors (Lipinski definition) is 4. The molecule has 5 heteroatoms. The Bertz CT molecular complexity index is 264. The maximum atomic E-state index is 5.57. The molecule has 0 bridgehead atoms. The maximum Gasteiger partial charge on any atom is 0.167 e. The van der Waals surface area contributed by atoms with Gasteiger partial charge in [-0.15, -0.1) is 0 Å². The van der Waals surface area contributed by atoms with E-state index < -0.39 is 0 Å². The summed E-state index contributed by atoms with van der Waals surface area (Å²) in [4.78, 5) is 4.21. The van der Waals surface area contributed by atoms with Crippen LogP contribution < -0.4 is 5.73 Å². The van der Waals surface area contributed by atoms with E-state index >= 15 is 0 Å². The number of aromatic nitrogens is 2. The van der Waals surface area contributed by atoms with Gasteiger partial charge in [-0.3, -0.25) is 0 Å². The second kappa shape index (κ2) is 6.06. The molecule has 1 unspecified atom stereocenters. The van der Waals surface area contributed by atoms with Crippen molar-refractivity contribution in [3.63, 3.8) is 0 Å². The zero-order valence-electron chi connectivity index (χ0n) is 8.64. The van der Waals surface area contributed by atoms with Crippen molar-refractivity contribution in [3.8, 4) is 0 Å². The lowest BCUT2D eigenvalue weighted by molar-refractivity contribution is 0.0858. The Balaban J connectivity index is 2.35. The molecule has 0 fully saturated rings. The molecule has 0 aliphatic carbocycles. The number of nitrogens with zero attached hydrogens (tertiary/aromatic N) is 2. The van der Waals surface area contributed by atoms with Gasteiger partial charge in [-0.2, -0.15) is 0 Å². The molecule has 0 spiro atoms. The van der Waals surface area contributed by atoms with Gasteiger partial charge >= 0.3 is 0 Å². The standard InChI is InChI=1S/C9H17N3OS/c1-3-13-8(6-10)7-14-9-11-4-5-12(9)2/h4-5,8H,3,6-7,10H2,1-2H3. The number of rotatable bonds is 6. The zero-order valence-corrected chi connectivity index (χ0v) is 9.46. The molecule has 0 radical (unpaired) electrons. The maximum absolute atomic E-state index is 5.57. The summed E-state index contributed by atoms with van der Waals surface area (Å²) in [6.45, 7) is 3.25. The Kier molecular flexibility index (Phi) is 5.00. The van der Waals surface area contributed by atoms with Crippen LogP contribution in [0, 0.1) is 0 Å². The minimum absolute atomic E-state index is 0.127. The highest BCUT2D eigenvalue weighted by atomic mass is 32.2. The highest BCUT2D eigenvalue weighted by molar-refractivity contribution is 7.99. The number of aryl methyl sites for hydroxylation is 1. The molecule has 0 amide bonds. The van der Waals surface area contributed by atoms with Gasteiger partial charge < -0.3 is 15.0 Å². The van der Waals surface area contributed by atoms with E-state index in [1.54, 1.807) is 18.0 Å². The van der Waals surface area contributed by atoms with E-state index in [4.69, 9.17) is 10.5 Å². The van der Waals surface area contributed by atoms with Gasteiger partial charge in [0.1, 0.15) is 0 Å². The van der Waals surface area contributed by atoms with Crippen LogP contribution in [0.15, 0.2) is 17.6 Å². The first-order chi connectivity index (χ1) is 6.77. The molecule has 1 aromatic rings. The fourth-order valence-corrected chi connectivity index (χ4v) is 2.05. The third-order valence-corrected chi connectivity index (χ3v) is 3.03. The van der Waals surface area contributed by atoms with E-state index in [0.717, 1.165) is 10.9 Å². The molecule has 4 nitrogen and oxygen atoms in total. The summed E-state index contributed by atoms with van der Waals surface area (Å²) < 4.78 is 7.44. The van der Waals surface area contributed by atoms with Crippen molar-refractivity contribution < 1.29 is 4.74 Å². The van der Waals surface area contributed by atoms with Crippen LogP contribution in [0.4, 0.5) is 0 Å². The smallest absolute Gasteiger partial charge is 0.167 e. The molecular formula is C9H17N3OS. The quantitative estimate of drug-likeness (QED) is 0.716. The predicted molar refractivity (Wildman–Crippen MR) is 58.4 cm³/mol. The average Bonchev–Trinajstić information content (AvgIpc) is 2.59. The second-order valence-electron chi connectivity index (χ2n) is 2.94. The van der Waals surface area contributed by atoms with Crippen molar-refractivity contribution in [2.24, 2.45) is 12.8 Å². The van der Waals surface area contributed by atoms with Crippen LogP contribution in [0.25, 0.3) is 0 Å². The first kappa shape index (κ1) is 11.6. The van der Waals surface area contributed by atoms with E-state index in [2.05, 4.69) is 4.98 Å². The summed E-state index contributed by atoms with van der Waals surface area (Å²) in [5.41, 5.74) is 5.57. The normalized spacial score (nSPS) is 13.1. The number of nitrogens with two attached hydrogens (primary N) is 1. The van der Waals surface area contributed by atoms with Gasteiger partial charge in [0.05, 0.1) is 6.10 Å². The minimum Gasteiger partial charge on any atom is -0.376 e. The molecule has 14 heavy (non-hydrogen) atoms. The van der Waals surface area contributed by atoms with Gasteiger partial charge in [0.2, 0.25) is 0 Å². The molecule has 1 atom stereocenters. The highest BCUT2D eigenvalue weighted by Crippen LogP contribution is 2.16. The Morgan fingerprint density at radius 3 is 3.00 bits per heavy atom. The molecule has 0 aliphatic rings. The van der Waals surface area contributed by atoms with Crippen LogP contribution in [0.1, 0.15) is 6.92 Å². The number of thioether (sulfide) groups is 1. The fraction of sp³-hybridized carbons (Fsp3) is 0.667. The number of hydrogen-bond donors (Lipinski definition) is 1. The van der Waals surface area contributed by atoms with Gasteiger partial charge in [0, 0.05) is 38.3 Å². The van der Waals surface area contributed by atoms with Gasteiger partial charge in [-0.25, -0.2) is 4.98 Å². The van der Waals surface area contributed by atoms with Crippen molar-refractivity contribution in [3.05, 3.63) is 12.4 Å². The molecule has 1 rings (SSSR count). The van der Waals surface area contributed by atoms with E-state index in [9.17, 15) is 0 Å². The monoisotopic (exact) mass is 215 g/mol. The fourth-order valence-electron chi connectivity index (χ4n) is 1.08. The van der Waals surface area contributed by atoms with E-state index in [1.165, 1.54) is 0 Å². The van der Waals surface area contributed by atoms with Crippen LogP contribution in [0.2, 0.25) is 0 Å². The lowest BCUT2D eigenvalue weighted by atomic mass is 10.4. The molecule has 0 saturated heterocycles. The molecule has 80 valence electrons. The van der Waals surface area contributed by atoms with Crippen molar-refractivity contribution in [1.82, 2.24) is 9.55 Å². The molecular weight excluding hydrogens is 198 g/mol. The van der Waals surface area contributed by atoms with Crippen LogP contribution in [0.3, 0.4) is 0 Å². The Morgan fingerprint density at radius 2 is 2.50 bits per heavy atom. The second-order valence-corrected chi connectivity index (χ2v) is 3.93. The van der Waals surface area contributed by atoms with Crippen LogP contribution in [0.5, 0.6) is 0 Å². The van der Waals surface area contributed by atoms with Gasteiger partial charge in [-0.05, 0) is 6.92 Å². The topological polar surface area (TPSA) is 53.1 Å². The molecule has 1 aromatic heterocycles. The Morgan fingerprint density at radius 1 is 1.71 bits per heavy atom. The van der Waals surface area contributed by atoms with E-state index in [-0.39, 0.29) is 6.10 Å². The summed E-state index contributed by atoms with van der Waals surface area (Å²) in [6.07, 6.45) is 3.85. The zero-order chi connectivity index (χ0) is 10.4. The van der Waals surface area contributed by atoms with Crippen LogP contribution in [-0.2, 0) is 11.8 Å². The minimum atomic E-state index is 0.127. The lowest BCUT2D eigenvalue weighted by Gasteiger charge is -2.13. The van der Waals surface area contributed by atoms with Crippen molar-refractivity contribution in [1.29, 1.82) is 0 Å². The molecule has 0 aromatic carbocycles. The molecule has 1 heterocycles. The third-order valence-electron chi connectivity index (χ3n) is 1.84. The summed E-state index contributed by atoms with van der Waals surface area (Å²) in [5.74, 6) is 0.856.